The minimum atomic E-state index is 0.0601. The average molecular weight is 533 g/mol. The molecule has 0 fully saturated rings. The van der Waals surface area contributed by atoms with Gasteiger partial charge in [0.25, 0.3) is 0 Å². The maximum Gasteiger partial charge on any atom is 0.149 e. The molecule has 3 aromatic carbocycles. The largest absolute Gasteiger partial charge is 0.454 e. The van der Waals surface area contributed by atoms with Gasteiger partial charge in [0.05, 0.1) is 31.5 Å². The van der Waals surface area contributed by atoms with Crippen LogP contribution in [0.2, 0.25) is 35.2 Å². The lowest BCUT2D eigenvalue weighted by atomic mass is 10.2. The van der Waals surface area contributed by atoms with Crippen LogP contribution in [0.15, 0.2) is 30.3 Å². The molecule has 0 aromatic heterocycles. The highest BCUT2D eigenvalue weighted by Gasteiger charge is 2.19. The first kappa shape index (κ1) is 22.6. The second-order valence-corrected chi connectivity index (χ2v) is 8.23. The zero-order valence-corrected chi connectivity index (χ0v) is 19.3. The number of halogens is 7. The van der Waals surface area contributed by atoms with Gasteiger partial charge in [-0.2, -0.15) is 0 Å². The van der Waals surface area contributed by atoms with Crippen molar-refractivity contribution in [1.82, 2.24) is 0 Å². The van der Waals surface area contributed by atoms with Crippen molar-refractivity contribution in [3.63, 3.8) is 0 Å². The van der Waals surface area contributed by atoms with Gasteiger partial charge in [-0.1, -0.05) is 87.3 Å². The molecule has 0 aliphatic rings. The third kappa shape index (κ3) is 4.49. The van der Waals surface area contributed by atoms with Crippen LogP contribution in [0.3, 0.4) is 0 Å². The molecule has 0 saturated heterocycles. The number of nitrogens with two attached hydrogens (primary N) is 2. The van der Waals surface area contributed by atoms with Crippen molar-refractivity contribution < 1.29 is 9.47 Å². The number of anilines is 2. The summed E-state index contributed by atoms with van der Waals surface area (Å²) in [6.07, 6.45) is 0. The fourth-order valence-corrected chi connectivity index (χ4v) is 3.61. The second kappa shape index (κ2) is 8.94. The Balaban J connectivity index is 1.98. The Labute approximate surface area is 201 Å². The van der Waals surface area contributed by atoms with Crippen LogP contribution in [0.4, 0.5) is 11.4 Å². The summed E-state index contributed by atoms with van der Waals surface area (Å²) in [6, 6.07) is 7.68. The molecule has 0 spiro atoms. The molecule has 3 rings (SSSR count). The SMILES string of the molecule is Nc1cc(Oc2cccc(Oc3cc(N)c(Cl)c(Cl)c3Cl)c2Cl)c(Cl)c(Cl)c1Cl. The molecule has 0 aliphatic heterocycles. The van der Waals surface area contributed by atoms with Gasteiger partial charge in [-0.05, 0) is 12.1 Å². The maximum absolute atomic E-state index is 6.42. The lowest BCUT2D eigenvalue weighted by Crippen LogP contribution is -1.95. The molecule has 11 heteroatoms. The molecule has 152 valence electrons. The van der Waals surface area contributed by atoms with E-state index in [1.54, 1.807) is 18.2 Å². The van der Waals surface area contributed by atoms with Crippen molar-refractivity contribution >= 4 is 92.6 Å². The molecule has 4 N–H and O–H groups in total. The van der Waals surface area contributed by atoms with Crippen LogP contribution in [0.25, 0.3) is 0 Å². The van der Waals surface area contributed by atoms with E-state index >= 15 is 0 Å². The highest BCUT2D eigenvalue weighted by molar-refractivity contribution is 6.50. The Kier molecular flexibility index (Phi) is 6.96. The standard InChI is InChI=1S/C18H9Cl7N2O2/c19-12-6(26)4-10(15(22)17(12)24)28-8-2-1-3-9(14(8)21)29-11-5-7(27)13(20)18(25)16(11)23/h1-5H,26-27H2. The lowest BCUT2D eigenvalue weighted by Gasteiger charge is -2.15. The Morgan fingerprint density at radius 1 is 0.483 bits per heavy atom. The summed E-state index contributed by atoms with van der Waals surface area (Å²) < 4.78 is 11.5. The highest BCUT2D eigenvalue weighted by atomic mass is 35.5. The molecule has 3 aromatic rings. The summed E-state index contributed by atoms with van der Waals surface area (Å²) in [7, 11) is 0. The van der Waals surface area contributed by atoms with Crippen molar-refractivity contribution in [2.45, 2.75) is 0 Å². The van der Waals surface area contributed by atoms with Crippen LogP contribution in [-0.2, 0) is 0 Å². The van der Waals surface area contributed by atoms with Gasteiger partial charge in [0.1, 0.15) is 38.1 Å². The van der Waals surface area contributed by atoms with Crippen molar-refractivity contribution in [1.29, 1.82) is 0 Å². The summed E-state index contributed by atoms with van der Waals surface area (Å²) in [6.45, 7) is 0. The summed E-state index contributed by atoms with van der Waals surface area (Å²) in [4.78, 5) is 0. The third-order valence-electron chi connectivity index (χ3n) is 3.65. The van der Waals surface area contributed by atoms with Crippen molar-refractivity contribution in [2.75, 3.05) is 11.5 Å². The summed E-state index contributed by atoms with van der Waals surface area (Å²) >= 11 is 42.8. The van der Waals surface area contributed by atoms with E-state index in [2.05, 4.69) is 0 Å². The van der Waals surface area contributed by atoms with Gasteiger partial charge in [-0.3, -0.25) is 0 Å². The number of ether oxygens (including phenoxy) is 2. The maximum atomic E-state index is 6.42. The van der Waals surface area contributed by atoms with Crippen LogP contribution in [0.5, 0.6) is 23.0 Å². The molecule has 0 radical (unpaired) electrons. The number of hydrogen-bond acceptors (Lipinski definition) is 4. The topological polar surface area (TPSA) is 70.5 Å². The molecular weight excluding hydrogens is 524 g/mol. The van der Waals surface area contributed by atoms with Gasteiger partial charge in [0.15, 0.2) is 0 Å². The zero-order chi connectivity index (χ0) is 21.5. The molecule has 0 unspecified atom stereocenters. The summed E-state index contributed by atoms with van der Waals surface area (Å²) in [5.74, 6) is 0.755. The lowest BCUT2D eigenvalue weighted by molar-refractivity contribution is 0.461. The number of nitrogen functional groups attached to an aromatic ring is 2. The van der Waals surface area contributed by atoms with Gasteiger partial charge in [-0.15, -0.1) is 0 Å². The number of benzene rings is 3. The van der Waals surface area contributed by atoms with E-state index in [0.717, 1.165) is 0 Å². The van der Waals surface area contributed by atoms with Gasteiger partial charge in [-0.25, -0.2) is 0 Å². The molecule has 0 aliphatic carbocycles. The molecule has 0 amide bonds. The molecule has 0 bridgehead atoms. The summed E-state index contributed by atoms with van der Waals surface area (Å²) in [5, 5.41) is 0.643. The van der Waals surface area contributed by atoms with Crippen LogP contribution in [0, 0.1) is 0 Å². The molecule has 0 heterocycles. The van der Waals surface area contributed by atoms with Crippen LogP contribution in [0.1, 0.15) is 0 Å². The van der Waals surface area contributed by atoms with E-state index in [9.17, 15) is 0 Å². The van der Waals surface area contributed by atoms with Gasteiger partial charge < -0.3 is 20.9 Å². The first-order valence-electron chi connectivity index (χ1n) is 7.62. The first-order chi connectivity index (χ1) is 13.6. The highest BCUT2D eigenvalue weighted by Crippen LogP contribution is 2.47. The van der Waals surface area contributed by atoms with E-state index < -0.39 is 0 Å². The molecule has 4 nitrogen and oxygen atoms in total. The van der Waals surface area contributed by atoms with Gasteiger partial charge in [0.2, 0.25) is 0 Å². The number of rotatable bonds is 4. The van der Waals surface area contributed by atoms with E-state index in [1.165, 1.54) is 12.1 Å². The van der Waals surface area contributed by atoms with E-state index in [-0.39, 0.29) is 69.5 Å². The van der Waals surface area contributed by atoms with Crippen molar-refractivity contribution in [2.24, 2.45) is 0 Å². The normalized spacial score (nSPS) is 10.9. The van der Waals surface area contributed by atoms with E-state index in [4.69, 9.17) is 102 Å². The molecule has 29 heavy (non-hydrogen) atoms. The second-order valence-electron chi connectivity index (χ2n) is 5.58. The smallest absolute Gasteiger partial charge is 0.149 e. The van der Waals surface area contributed by atoms with Crippen molar-refractivity contribution in [3.05, 3.63) is 65.5 Å². The molecule has 0 atom stereocenters. The van der Waals surface area contributed by atoms with Gasteiger partial charge >= 0.3 is 0 Å². The van der Waals surface area contributed by atoms with Crippen molar-refractivity contribution in [3.8, 4) is 23.0 Å². The molecular formula is C18H9Cl7N2O2. The minimum Gasteiger partial charge on any atom is -0.454 e. The fraction of sp³-hybridized carbons (Fsp3) is 0. The van der Waals surface area contributed by atoms with E-state index in [0.29, 0.717) is 0 Å². The van der Waals surface area contributed by atoms with Crippen LogP contribution < -0.4 is 20.9 Å². The Morgan fingerprint density at radius 2 is 0.862 bits per heavy atom. The fourth-order valence-electron chi connectivity index (χ4n) is 2.23. The van der Waals surface area contributed by atoms with Gasteiger partial charge in [0, 0.05) is 12.1 Å². The zero-order valence-electron chi connectivity index (χ0n) is 14.0. The predicted molar refractivity (Wildman–Crippen MR) is 123 cm³/mol. The third-order valence-corrected chi connectivity index (χ3v) is 6.73. The first-order valence-corrected chi connectivity index (χ1v) is 10.3. The van der Waals surface area contributed by atoms with Crippen LogP contribution in [-0.4, -0.2) is 0 Å². The summed E-state index contributed by atoms with van der Waals surface area (Å²) in [5.41, 5.74) is 12.0. The van der Waals surface area contributed by atoms with Crippen LogP contribution >= 0.6 is 81.2 Å². The Morgan fingerprint density at radius 3 is 1.24 bits per heavy atom. The van der Waals surface area contributed by atoms with E-state index in [1.807, 2.05) is 0 Å². The minimum absolute atomic E-state index is 0.0601. The molecule has 0 saturated carbocycles. The number of hydrogen-bond donors (Lipinski definition) is 2. The quantitative estimate of drug-likeness (QED) is 0.259. The Bertz CT molecular complexity index is 1040. The predicted octanol–water partition coefficient (Wildman–Crippen LogP) is 9.01. The monoisotopic (exact) mass is 530 g/mol. The Hall–Kier alpha value is -1.11. The average Bonchev–Trinajstić information content (AvgIpc) is 2.69.